The van der Waals surface area contributed by atoms with Gasteiger partial charge in [0.1, 0.15) is 17.8 Å². The van der Waals surface area contributed by atoms with Gasteiger partial charge in [0.2, 0.25) is 0 Å². The van der Waals surface area contributed by atoms with Crippen molar-refractivity contribution in [3.63, 3.8) is 0 Å². The average Bonchev–Trinajstić information content (AvgIpc) is 3.47. The van der Waals surface area contributed by atoms with Crippen molar-refractivity contribution < 1.29 is 44.2 Å². The Labute approximate surface area is 223 Å². The number of esters is 1. The third kappa shape index (κ3) is 4.79. The summed E-state index contributed by atoms with van der Waals surface area (Å²) >= 11 is 0. The number of hydrogen-bond donors (Lipinski definition) is 4. The van der Waals surface area contributed by atoms with Crippen molar-refractivity contribution in [2.45, 2.75) is 82.8 Å². The van der Waals surface area contributed by atoms with Crippen LogP contribution in [0.15, 0.2) is 47.6 Å². The fraction of sp³-hybridized carbons (Fsp3) is 0.655. The van der Waals surface area contributed by atoms with Crippen LogP contribution in [0.25, 0.3) is 0 Å². The molecular formula is C29H40O9. The topological polar surface area (TPSA) is 143 Å². The summed E-state index contributed by atoms with van der Waals surface area (Å²) in [5, 5.41) is 41.8. The Bertz CT molecular complexity index is 1040. The molecule has 3 aliphatic carbocycles. The van der Waals surface area contributed by atoms with Crippen LogP contribution < -0.4 is 0 Å². The molecule has 2 fully saturated rings. The van der Waals surface area contributed by atoms with Gasteiger partial charge in [-0.1, -0.05) is 50.3 Å². The van der Waals surface area contributed by atoms with Gasteiger partial charge in [-0.2, -0.15) is 0 Å². The van der Waals surface area contributed by atoms with E-state index in [2.05, 4.69) is 0 Å². The minimum Gasteiger partial charge on any atom is -0.479 e. The van der Waals surface area contributed by atoms with Crippen LogP contribution in [0.2, 0.25) is 0 Å². The number of allylic oxidation sites excluding steroid dienone is 3. The lowest BCUT2D eigenvalue weighted by Gasteiger charge is -2.48. The number of carbonyl (C=O) groups excluding carboxylic acids is 1. The van der Waals surface area contributed by atoms with Crippen molar-refractivity contribution in [1.82, 2.24) is 0 Å². The molecule has 0 aromatic heterocycles. The summed E-state index contributed by atoms with van der Waals surface area (Å²) in [6, 6.07) is 0. The second-order valence-corrected chi connectivity index (χ2v) is 11.3. The summed E-state index contributed by atoms with van der Waals surface area (Å²) in [7, 11) is 1.34. The maximum absolute atomic E-state index is 12.9. The predicted octanol–water partition coefficient (Wildman–Crippen LogP) is 2.16. The molecule has 4 aliphatic rings. The molecule has 1 heterocycles. The number of aliphatic carboxylic acids is 1. The molecule has 38 heavy (non-hydrogen) atoms. The van der Waals surface area contributed by atoms with E-state index in [1.807, 2.05) is 38.2 Å². The Kier molecular flexibility index (Phi) is 8.35. The number of rotatable bonds is 10. The van der Waals surface area contributed by atoms with Crippen LogP contribution in [0.3, 0.4) is 0 Å². The normalized spacial score (nSPS) is 38.9. The van der Waals surface area contributed by atoms with E-state index in [1.165, 1.54) is 14.0 Å². The van der Waals surface area contributed by atoms with Crippen molar-refractivity contribution >= 4 is 11.9 Å². The number of carboxylic acids is 1. The summed E-state index contributed by atoms with van der Waals surface area (Å²) in [5.41, 5.74) is 0.142. The molecule has 0 aromatic rings. The molecule has 0 radical (unpaired) electrons. The van der Waals surface area contributed by atoms with E-state index in [0.29, 0.717) is 12.0 Å². The Morgan fingerprint density at radius 3 is 2.55 bits per heavy atom. The molecule has 0 aromatic carbocycles. The zero-order valence-corrected chi connectivity index (χ0v) is 22.6. The van der Waals surface area contributed by atoms with Crippen LogP contribution >= 0.6 is 0 Å². The third-order valence-electron chi connectivity index (χ3n) is 8.95. The first-order valence-electron chi connectivity index (χ1n) is 13.4. The Morgan fingerprint density at radius 1 is 1.26 bits per heavy atom. The molecule has 1 aliphatic heterocycles. The van der Waals surface area contributed by atoms with Crippen molar-refractivity contribution in [2.24, 2.45) is 29.6 Å². The highest BCUT2D eigenvalue weighted by Crippen LogP contribution is 2.61. The van der Waals surface area contributed by atoms with Crippen LogP contribution in [-0.2, 0) is 23.8 Å². The second-order valence-electron chi connectivity index (χ2n) is 11.3. The van der Waals surface area contributed by atoms with Crippen LogP contribution in [0.5, 0.6) is 0 Å². The molecule has 210 valence electrons. The summed E-state index contributed by atoms with van der Waals surface area (Å²) in [4.78, 5) is 24.8. The molecule has 9 heteroatoms. The number of aliphatic hydroxyl groups is 3. The summed E-state index contributed by atoms with van der Waals surface area (Å²) < 4.78 is 18.1. The van der Waals surface area contributed by atoms with E-state index in [0.717, 1.165) is 5.57 Å². The van der Waals surface area contributed by atoms with E-state index in [4.69, 9.17) is 14.2 Å². The Balaban J connectivity index is 1.75. The van der Waals surface area contributed by atoms with Crippen LogP contribution in [0, 0.1) is 29.6 Å². The second kappa shape index (κ2) is 11.1. The SMILES string of the molecule is CO[C@@H](C[C@H]1C=C[C@H]2[C@H]3O[C@]1(/C(C)=C/[C@@H](C)[C@H](O)[C@@H](C)O)[C@@H]2[C@H](O)[C@@H](C)[C@H]3OC(=O)C1=CC=CC1)C(=O)O. The molecule has 0 spiro atoms. The molecule has 1 saturated heterocycles. The predicted molar refractivity (Wildman–Crippen MR) is 138 cm³/mol. The molecule has 0 unspecified atom stereocenters. The molecule has 12 atom stereocenters. The largest absolute Gasteiger partial charge is 0.479 e. The van der Waals surface area contributed by atoms with Gasteiger partial charge in [-0.15, -0.1) is 0 Å². The average molecular weight is 533 g/mol. The lowest BCUT2D eigenvalue weighted by atomic mass is 9.57. The maximum Gasteiger partial charge on any atom is 0.334 e. The molecule has 0 amide bonds. The smallest absolute Gasteiger partial charge is 0.334 e. The highest BCUT2D eigenvalue weighted by molar-refractivity contribution is 5.90. The Morgan fingerprint density at radius 2 is 1.97 bits per heavy atom. The molecule has 9 nitrogen and oxygen atoms in total. The van der Waals surface area contributed by atoms with Gasteiger partial charge in [0.15, 0.2) is 6.10 Å². The van der Waals surface area contributed by atoms with Gasteiger partial charge in [-0.25, -0.2) is 9.59 Å². The van der Waals surface area contributed by atoms with Gasteiger partial charge in [0, 0.05) is 42.3 Å². The zero-order chi connectivity index (χ0) is 27.9. The molecule has 1 saturated carbocycles. The standard InChI is InChI=1S/C29H40O9/c1-14(23(31)17(4)30)12-15(2)29-19(13-21(36-5)27(33)34)10-11-20-22(29)24(32)16(3)25(26(20)38-29)37-28(35)18-8-6-7-9-18/h6-8,10-12,14,16-17,19-26,30-32H,9,13H2,1-5H3,(H,33,34)/b15-12+/t14-,16-,17-,19-,20-,21+,22+,23+,24-,25-,26-,29+/m1/s1. The van der Waals surface area contributed by atoms with Crippen molar-refractivity contribution in [3.05, 3.63) is 47.6 Å². The van der Waals surface area contributed by atoms with Crippen molar-refractivity contribution in [1.29, 1.82) is 0 Å². The van der Waals surface area contributed by atoms with Crippen LogP contribution in [0.1, 0.15) is 40.5 Å². The van der Waals surface area contributed by atoms with Gasteiger partial charge in [0.25, 0.3) is 0 Å². The van der Waals surface area contributed by atoms with Crippen LogP contribution in [0.4, 0.5) is 0 Å². The quantitative estimate of drug-likeness (QED) is 0.246. The number of carboxylic acid groups (broad SMARTS) is 1. The Hall–Kier alpha value is -2.30. The first-order chi connectivity index (χ1) is 17.9. The lowest BCUT2D eigenvalue weighted by molar-refractivity contribution is -0.165. The first kappa shape index (κ1) is 28.7. The fourth-order valence-electron chi connectivity index (χ4n) is 6.89. The van der Waals surface area contributed by atoms with Gasteiger partial charge >= 0.3 is 11.9 Å². The first-order valence-corrected chi connectivity index (χ1v) is 13.4. The van der Waals surface area contributed by atoms with Crippen molar-refractivity contribution in [2.75, 3.05) is 7.11 Å². The third-order valence-corrected chi connectivity index (χ3v) is 8.95. The van der Waals surface area contributed by atoms with E-state index in [-0.39, 0.29) is 12.3 Å². The highest BCUT2D eigenvalue weighted by Gasteiger charge is 2.68. The lowest BCUT2D eigenvalue weighted by Crippen LogP contribution is -2.57. The minimum absolute atomic E-state index is 0.0981. The molecule has 4 bridgehead atoms. The van der Waals surface area contributed by atoms with Gasteiger partial charge < -0.3 is 34.6 Å². The fourth-order valence-corrected chi connectivity index (χ4v) is 6.89. The van der Waals surface area contributed by atoms with E-state index in [9.17, 15) is 30.0 Å². The van der Waals surface area contributed by atoms with E-state index < -0.39 is 77.8 Å². The number of carbonyl (C=O) groups is 2. The minimum atomic E-state index is -1.12. The monoisotopic (exact) mass is 532 g/mol. The zero-order valence-electron chi connectivity index (χ0n) is 22.6. The number of ether oxygens (including phenoxy) is 3. The van der Waals surface area contributed by atoms with Crippen LogP contribution in [-0.4, -0.2) is 81.7 Å². The molecule has 4 N–H and O–H groups in total. The van der Waals surface area contributed by atoms with Gasteiger partial charge in [0.05, 0.1) is 18.3 Å². The number of hydrogen-bond acceptors (Lipinski definition) is 8. The molecule has 4 rings (SSSR count). The van der Waals surface area contributed by atoms with Crippen molar-refractivity contribution in [3.8, 4) is 0 Å². The summed E-state index contributed by atoms with van der Waals surface area (Å²) in [5.74, 6) is -3.59. The van der Waals surface area contributed by atoms with Gasteiger partial charge in [-0.3, -0.25) is 0 Å². The van der Waals surface area contributed by atoms with Gasteiger partial charge in [-0.05, 0) is 32.3 Å². The summed E-state index contributed by atoms with van der Waals surface area (Å²) in [6.07, 6.45) is 6.45. The maximum atomic E-state index is 12.9. The van der Waals surface area contributed by atoms with E-state index >= 15 is 0 Å². The number of methoxy groups -OCH3 is 1. The summed E-state index contributed by atoms with van der Waals surface area (Å²) in [6.45, 7) is 6.99. The number of aliphatic hydroxyl groups excluding tert-OH is 3. The molecular weight excluding hydrogens is 492 g/mol. The van der Waals surface area contributed by atoms with E-state index in [1.54, 1.807) is 19.1 Å². The highest BCUT2D eigenvalue weighted by atomic mass is 16.6.